The van der Waals surface area contributed by atoms with Gasteiger partial charge in [-0.15, -0.1) is 0 Å². The molecule has 0 radical (unpaired) electrons. The molecule has 1 aliphatic heterocycles. The van der Waals surface area contributed by atoms with E-state index in [1.165, 1.54) is 19.2 Å². The molecule has 29 heavy (non-hydrogen) atoms. The molecule has 1 aliphatic rings. The van der Waals surface area contributed by atoms with Crippen LogP contribution in [0.1, 0.15) is 11.6 Å². The third-order valence-corrected chi connectivity index (χ3v) is 6.22. The van der Waals surface area contributed by atoms with Crippen LogP contribution in [0.4, 0.5) is 5.69 Å². The first-order chi connectivity index (χ1) is 13.9. The van der Waals surface area contributed by atoms with Crippen LogP contribution < -0.4 is 9.46 Å². The first kappa shape index (κ1) is 21.2. The molecule has 0 aromatic heterocycles. The molecule has 0 unspecified atom stereocenters. The van der Waals surface area contributed by atoms with Crippen LogP contribution in [-0.4, -0.2) is 58.2 Å². The average Bonchev–Trinajstić information content (AvgIpc) is 2.74. The number of morpholine rings is 1. The second-order valence-electron chi connectivity index (χ2n) is 6.59. The molecule has 3 rings (SSSR count). The molecule has 10 heteroatoms. The van der Waals surface area contributed by atoms with Crippen LogP contribution in [0.15, 0.2) is 53.4 Å². The summed E-state index contributed by atoms with van der Waals surface area (Å²) in [7, 11) is -2.80. The van der Waals surface area contributed by atoms with Crippen LogP contribution in [0, 0.1) is 10.1 Å². The Balaban J connectivity index is 1.92. The van der Waals surface area contributed by atoms with E-state index in [1.54, 1.807) is 0 Å². The van der Waals surface area contributed by atoms with Gasteiger partial charge in [0.05, 0.1) is 37.4 Å². The number of nitrogens with one attached hydrogen (secondary N) is 1. The van der Waals surface area contributed by atoms with Gasteiger partial charge in [0.2, 0.25) is 10.0 Å². The quantitative estimate of drug-likeness (QED) is 0.512. The lowest BCUT2D eigenvalue weighted by Gasteiger charge is -2.31. The summed E-state index contributed by atoms with van der Waals surface area (Å²) in [6.07, 6.45) is 0. The number of rotatable bonds is 8. The minimum Gasteiger partial charge on any atom is -0.497 e. The van der Waals surface area contributed by atoms with E-state index in [1.807, 2.05) is 30.3 Å². The zero-order chi connectivity index (χ0) is 20.9. The van der Waals surface area contributed by atoms with Crippen LogP contribution in [0.2, 0.25) is 0 Å². The summed E-state index contributed by atoms with van der Waals surface area (Å²) in [5.74, 6) is 0.212. The summed E-state index contributed by atoms with van der Waals surface area (Å²) in [5, 5.41) is 11.4. The van der Waals surface area contributed by atoms with Crippen molar-refractivity contribution < 1.29 is 22.8 Å². The Morgan fingerprint density at radius 2 is 1.90 bits per heavy atom. The van der Waals surface area contributed by atoms with Gasteiger partial charge in [-0.05, 0) is 17.7 Å². The molecule has 0 saturated carbocycles. The molecule has 0 amide bonds. The van der Waals surface area contributed by atoms with Crippen LogP contribution in [0.25, 0.3) is 0 Å². The maximum Gasteiger partial charge on any atom is 0.293 e. The fourth-order valence-electron chi connectivity index (χ4n) is 3.18. The molecule has 2 aromatic rings. The first-order valence-corrected chi connectivity index (χ1v) is 10.6. The zero-order valence-electron chi connectivity index (χ0n) is 16.0. The molecular formula is C19H23N3O6S. The number of nitrogens with zero attached hydrogens (tertiary/aromatic N) is 2. The van der Waals surface area contributed by atoms with Crippen LogP contribution in [0.3, 0.4) is 0 Å². The van der Waals surface area contributed by atoms with Crippen molar-refractivity contribution in [3.05, 3.63) is 64.2 Å². The molecule has 1 N–H and O–H groups in total. The Bertz CT molecular complexity index is 946. The van der Waals surface area contributed by atoms with Crippen molar-refractivity contribution in [2.75, 3.05) is 40.0 Å². The summed E-state index contributed by atoms with van der Waals surface area (Å²) in [5.41, 5.74) is 0.244. The summed E-state index contributed by atoms with van der Waals surface area (Å²) in [4.78, 5) is 12.4. The highest BCUT2D eigenvalue weighted by Crippen LogP contribution is 2.29. The molecule has 1 atom stereocenters. The predicted octanol–water partition coefficient (Wildman–Crippen LogP) is 1.96. The molecule has 0 bridgehead atoms. The Kier molecular flexibility index (Phi) is 6.80. The molecule has 1 heterocycles. The van der Waals surface area contributed by atoms with Gasteiger partial charge in [-0.1, -0.05) is 30.3 Å². The second-order valence-corrected chi connectivity index (χ2v) is 8.27. The largest absolute Gasteiger partial charge is 0.497 e. The van der Waals surface area contributed by atoms with Crippen LogP contribution in [0.5, 0.6) is 5.75 Å². The van der Waals surface area contributed by atoms with E-state index in [0.717, 1.165) is 11.6 Å². The average molecular weight is 421 g/mol. The van der Waals surface area contributed by atoms with E-state index in [2.05, 4.69) is 9.62 Å². The summed E-state index contributed by atoms with van der Waals surface area (Å²) >= 11 is 0. The smallest absolute Gasteiger partial charge is 0.293 e. The fraction of sp³-hybridized carbons (Fsp3) is 0.368. The van der Waals surface area contributed by atoms with Gasteiger partial charge in [0.1, 0.15) is 5.75 Å². The molecule has 0 aliphatic carbocycles. The molecule has 9 nitrogen and oxygen atoms in total. The molecule has 1 fully saturated rings. The van der Waals surface area contributed by atoms with E-state index >= 15 is 0 Å². The number of sulfonamides is 1. The van der Waals surface area contributed by atoms with Gasteiger partial charge in [0, 0.05) is 19.6 Å². The minimum absolute atomic E-state index is 0.212. The SMILES string of the molecule is COc1ccc(S(=O)(=O)N[C@@H](CN2CCOCC2)c2ccccc2)c([N+](=O)[O-])c1. The number of ether oxygens (including phenoxy) is 2. The Morgan fingerprint density at radius 1 is 1.21 bits per heavy atom. The van der Waals surface area contributed by atoms with Crippen molar-refractivity contribution in [2.45, 2.75) is 10.9 Å². The van der Waals surface area contributed by atoms with Gasteiger partial charge < -0.3 is 9.47 Å². The van der Waals surface area contributed by atoms with Crippen LogP contribution in [-0.2, 0) is 14.8 Å². The Labute approximate surface area is 169 Å². The molecule has 2 aromatic carbocycles. The third kappa shape index (κ3) is 5.30. The topological polar surface area (TPSA) is 111 Å². The normalized spacial score (nSPS) is 16.3. The number of nitro benzene ring substituents is 1. The molecule has 156 valence electrons. The van der Waals surface area contributed by atoms with Crippen molar-refractivity contribution in [3.8, 4) is 5.75 Å². The number of hydrogen-bond acceptors (Lipinski definition) is 7. The number of nitro groups is 1. The molecule has 0 spiro atoms. The minimum atomic E-state index is -4.16. The highest BCUT2D eigenvalue weighted by molar-refractivity contribution is 7.89. The lowest BCUT2D eigenvalue weighted by Crippen LogP contribution is -2.43. The first-order valence-electron chi connectivity index (χ1n) is 9.10. The van der Waals surface area contributed by atoms with E-state index < -0.39 is 31.6 Å². The van der Waals surface area contributed by atoms with Crippen molar-refractivity contribution in [2.24, 2.45) is 0 Å². The predicted molar refractivity (Wildman–Crippen MR) is 106 cm³/mol. The Hall–Kier alpha value is -2.53. The highest BCUT2D eigenvalue weighted by atomic mass is 32.2. The van der Waals surface area contributed by atoms with Gasteiger partial charge >= 0.3 is 0 Å². The van der Waals surface area contributed by atoms with Crippen molar-refractivity contribution >= 4 is 15.7 Å². The van der Waals surface area contributed by atoms with Gasteiger partial charge in [-0.3, -0.25) is 15.0 Å². The van der Waals surface area contributed by atoms with Crippen LogP contribution >= 0.6 is 0 Å². The fourth-order valence-corrected chi connectivity index (χ4v) is 4.55. The number of benzene rings is 2. The molecular weight excluding hydrogens is 398 g/mol. The van der Waals surface area contributed by atoms with E-state index in [-0.39, 0.29) is 5.75 Å². The maximum absolute atomic E-state index is 13.1. The summed E-state index contributed by atoms with van der Waals surface area (Å²) in [6.45, 7) is 2.97. The van der Waals surface area contributed by atoms with E-state index in [9.17, 15) is 18.5 Å². The van der Waals surface area contributed by atoms with Gasteiger partial charge in [-0.25, -0.2) is 13.1 Å². The van der Waals surface area contributed by atoms with E-state index in [0.29, 0.717) is 32.8 Å². The number of methoxy groups -OCH3 is 1. The third-order valence-electron chi connectivity index (χ3n) is 4.70. The monoisotopic (exact) mass is 421 g/mol. The van der Waals surface area contributed by atoms with Crippen molar-refractivity contribution in [3.63, 3.8) is 0 Å². The van der Waals surface area contributed by atoms with Crippen molar-refractivity contribution in [1.82, 2.24) is 9.62 Å². The summed E-state index contributed by atoms with van der Waals surface area (Å²) in [6, 6.07) is 12.3. The lowest BCUT2D eigenvalue weighted by molar-refractivity contribution is -0.387. The van der Waals surface area contributed by atoms with Gasteiger partial charge in [0.15, 0.2) is 4.90 Å². The standard InChI is InChI=1S/C19H23N3O6S/c1-27-16-7-8-19(18(13-16)22(23)24)29(25,26)20-17(15-5-3-2-4-6-15)14-21-9-11-28-12-10-21/h2-8,13,17,20H,9-12,14H2,1H3/t17-/m0/s1. The molecule has 1 saturated heterocycles. The Morgan fingerprint density at radius 3 is 2.52 bits per heavy atom. The second kappa shape index (κ2) is 9.31. The van der Waals surface area contributed by atoms with E-state index in [4.69, 9.17) is 9.47 Å². The highest BCUT2D eigenvalue weighted by Gasteiger charge is 2.30. The van der Waals surface area contributed by atoms with Gasteiger partial charge in [-0.2, -0.15) is 0 Å². The summed E-state index contributed by atoms with van der Waals surface area (Å²) < 4.78 is 39.2. The number of hydrogen-bond donors (Lipinski definition) is 1. The maximum atomic E-state index is 13.1. The zero-order valence-corrected chi connectivity index (χ0v) is 16.8. The van der Waals surface area contributed by atoms with Crippen molar-refractivity contribution in [1.29, 1.82) is 0 Å². The van der Waals surface area contributed by atoms with Gasteiger partial charge in [0.25, 0.3) is 5.69 Å². The lowest BCUT2D eigenvalue weighted by atomic mass is 10.1.